The highest BCUT2D eigenvalue weighted by Gasteiger charge is 2.03. The van der Waals surface area contributed by atoms with Crippen LogP contribution in [0.15, 0.2) is 30.5 Å². The van der Waals surface area contributed by atoms with Crippen molar-refractivity contribution >= 4 is 23.2 Å². The van der Waals surface area contributed by atoms with Crippen LogP contribution in [-0.2, 0) is 5.88 Å². The van der Waals surface area contributed by atoms with E-state index in [1.807, 2.05) is 37.4 Å². The molecule has 1 aromatic carbocycles. The molecular weight excluding hydrogens is 231 g/mol. The third-order valence-electron chi connectivity index (χ3n) is 2.17. The summed E-state index contributed by atoms with van der Waals surface area (Å²) in [4.78, 5) is 0. The molecule has 1 aromatic heterocycles. The van der Waals surface area contributed by atoms with Gasteiger partial charge >= 0.3 is 0 Å². The summed E-state index contributed by atoms with van der Waals surface area (Å²) >= 11 is 11.8. The molecule has 0 aliphatic heterocycles. The minimum Gasteiger partial charge on any atom is -0.241 e. The molecule has 78 valence electrons. The van der Waals surface area contributed by atoms with Crippen molar-refractivity contribution in [1.29, 1.82) is 0 Å². The van der Waals surface area contributed by atoms with Gasteiger partial charge in [0.15, 0.2) is 0 Å². The Kier molecular flexibility index (Phi) is 2.98. The van der Waals surface area contributed by atoms with Gasteiger partial charge in [-0.25, -0.2) is 4.68 Å². The van der Waals surface area contributed by atoms with Crippen LogP contribution >= 0.6 is 23.2 Å². The molecule has 4 heteroatoms. The lowest BCUT2D eigenvalue weighted by atomic mass is 10.2. The number of nitrogens with zero attached hydrogens (tertiary/aromatic N) is 2. The molecule has 0 bridgehead atoms. The SMILES string of the molecule is Cc1ccn(-c2ccc(CCl)c(Cl)c2)n1. The summed E-state index contributed by atoms with van der Waals surface area (Å²) in [5.41, 5.74) is 2.86. The van der Waals surface area contributed by atoms with Crippen molar-refractivity contribution in [2.24, 2.45) is 0 Å². The molecule has 0 saturated heterocycles. The molecular formula is C11H10Cl2N2. The fourth-order valence-electron chi connectivity index (χ4n) is 1.35. The molecule has 0 amide bonds. The smallest absolute Gasteiger partial charge is 0.0660 e. The van der Waals surface area contributed by atoms with Gasteiger partial charge in [-0.05, 0) is 30.7 Å². The van der Waals surface area contributed by atoms with Crippen molar-refractivity contribution in [2.45, 2.75) is 12.8 Å². The average Bonchev–Trinajstić information content (AvgIpc) is 2.65. The molecule has 0 aliphatic carbocycles. The summed E-state index contributed by atoms with van der Waals surface area (Å²) in [7, 11) is 0. The molecule has 0 N–H and O–H groups in total. The second-order valence-electron chi connectivity index (χ2n) is 3.31. The highest BCUT2D eigenvalue weighted by Crippen LogP contribution is 2.21. The molecule has 15 heavy (non-hydrogen) atoms. The maximum atomic E-state index is 6.06. The number of benzene rings is 1. The van der Waals surface area contributed by atoms with Gasteiger partial charge in [-0.3, -0.25) is 0 Å². The number of alkyl halides is 1. The lowest BCUT2D eigenvalue weighted by Crippen LogP contribution is -1.95. The standard InChI is InChI=1S/C11H10Cl2N2/c1-8-4-5-15(14-8)10-3-2-9(7-12)11(13)6-10/h2-6H,7H2,1H3. The van der Waals surface area contributed by atoms with Crippen molar-refractivity contribution < 1.29 is 0 Å². The van der Waals surface area contributed by atoms with E-state index >= 15 is 0 Å². The van der Waals surface area contributed by atoms with Crippen molar-refractivity contribution in [3.05, 3.63) is 46.7 Å². The summed E-state index contributed by atoms with van der Waals surface area (Å²) in [5.74, 6) is 0.428. The van der Waals surface area contributed by atoms with Crippen LogP contribution in [0.1, 0.15) is 11.3 Å². The number of aryl methyl sites for hydroxylation is 1. The largest absolute Gasteiger partial charge is 0.241 e. The van der Waals surface area contributed by atoms with Gasteiger partial charge in [0.1, 0.15) is 0 Å². The van der Waals surface area contributed by atoms with Crippen LogP contribution in [0.4, 0.5) is 0 Å². The van der Waals surface area contributed by atoms with E-state index < -0.39 is 0 Å². The Morgan fingerprint density at radius 2 is 2.13 bits per heavy atom. The first-order valence-electron chi connectivity index (χ1n) is 4.58. The van der Waals surface area contributed by atoms with E-state index in [0.717, 1.165) is 16.9 Å². The summed E-state index contributed by atoms with van der Waals surface area (Å²) < 4.78 is 1.79. The highest BCUT2D eigenvalue weighted by molar-refractivity contribution is 6.32. The van der Waals surface area contributed by atoms with Gasteiger partial charge in [0, 0.05) is 17.1 Å². The zero-order valence-electron chi connectivity index (χ0n) is 8.24. The zero-order valence-corrected chi connectivity index (χ0v) is 9.76. The van der Waals surface area contributed by atoms with Crippen molar-refractivity contribution in [2.75, 3.05) is 0 Å². The molecule has 0 radical (unpaired) electrons. The molecule has 1 heterocycles. The Morgan fingerprint density at radius 3 is 2.67 bits per heavy atom. The van der Waals surface area contributed by atoms with E-state index in [0.29, 0.717) is 10.9 Å². The van der Waals surface area contributed by atoms with Gasteiger partial charge in [-0.15, -0.1) is 11.6 Å². The Bertz CT molecular complexity index is 477. The van der Waals surface area contributed by atoms with Crippen molar-refractivity contribution in [3.8, 4) is 5.69 Å². The summed E-state index contributed by atoms with van der Waals surface area (Å²) in [6.07, 6.45) is 1.90. The summed E-state index contributed by atoms with van der Waals surface area (Å²) in [5, 5.41) is 4.98. The molecule has 0 aliphatic rings. The van der Waals surface area contributed by atoms with E-state index in [9.17, 15) is 0 Å². The fraction of sp³-hybridized carbons (Fsp3) is 0.182. The minimum atomic E-state index is 0.428. The molecule has 0 spiro atoms. The maximum Gasteiger partial charge on any atom is 0.0660 e. The van der Waals surface area contributed by atoms with Crippen molar-refractivity contribution in [1.82, 2.24) is 9.78 Å². The van der Waals surface area contributed by atoms with E-state index in [1.165, 1.54) is 0 Å². The monoisotopic (exact) mass is 240 g/mol. The van der Waals surface area contributed by atoms with E-state index in [2.05, 4.69) is 5.10 Å². The van der Waals surface area contributed by atoms with Crippen molar-refractivity contribution in [3.63, 3.8) is 0 Å². The van der Waals surface area contributed by atoms with E-state index in [1.54, 1.807) is 4.68 Å². The van der Waals surface area contributed by atoms with E-state index in [-0.39, 0.29) is 0 Å². The van der Waals surface area contributed by atoms with Gasteiger partial charge < -0.3 is 0 Å². The summed E-state index contributed by atoms with van der Waals surface area (Å²) in [6, 6.07) is 7.69. The normalized spacial score (nSPS) is 10.6. The van der Waals surface area contributed by atoms with E-state index in [4.69, 9.17) is 23.2 Å². The maximum absolute atomic E-state index is 6.06. The molecule has 2 aromatic rings. The Labute approximate surface area is 98.4 Å². The second kappa shape index (κ2) is 4.25. The Balaban J connectivity index is 2.42. The first-order chi connectivity index (χ1) is 7.20. The van der Waals surface area contributed by atoms with Crippen LogP contribution in [0, 0.1) is 6.92 Å². The second-order valence-corrected chi connectivity index (χ2v) is 3.99. The van der Waals surface area contributed by atoms with Crippen LogP contribution < -0.4 is 0 Å². The minimum absolute atomic E-state index is 0.428. The van der Waals surface area contributed by atoms with Gasteiger partial charge in [0.2, 0.25) is 0 Å². The third kappa shape index (κ3) is 2.16. The van der Waals surface area contributed by atoms with Crippen LogP contribution in [-0.4, -0.2) is 9.78 Å². The van der Waals surface area contributed by atoms with Gasteiger partial charge in [0.05, 0.1) is 11.4 Å². The molecule has 2 nitrogen and oxygen atoms in total. The van der Waals surface area contributed by atoms with Gasteiger partial charge in [-0.1, -0.05) is 17.7 Å². The predicted molar refractivity (Wildman–Crippen MR) is 62.9 cm³/mol. The number of aromatic nitrogens is 2. The molecule has 0 atom stereocenters. The Hall–Kier alpha value is -0.990. The first-order valence-corrected chi connectivity index (χ1v) is 5.49. The summed E-state index contributed by atoms with van der Waals surface area (Å²) in [6.45, 7) is 1.95. The molecule has 0 unspecified atom stereocenters. The lowest BCUT2D eigenvalue weighted by Gasteiger charge is -2.04. The topological polar surface area (TPSA) is 17.8 Å². The number of halogens is 2. The number of hydrogen-bond acceptors (Lipinski definition) is 1. The number of rotatable bonds is 2. The van der Waals surface area contributed by atoms with Crippen LogP contribution in [0.25, 0.3) is 5.69 Å². The van der Waals surface area contributed by atoms with Crippen LogP contribution in [0.5, 0.6) is 0 Å². The molecule has 2 rings (SSSR count). The van der Waals surface area contributed by atoms with Gasteiger partial charge in [0.25, 0.3) is 0 Å². The highest BCUT2D eigenvalue weighted by atomic mass is 35.5. The predicted octanol–water partition coefficient (Wildman–Crippen LogP) is 3.57. The fourth-order valence-corrected chi connectivity index (χ4v) is 1.89. The third-order valence-corrected chi connectivity index (χ3v) is 2.81. The average molecular weight is 241 g/mol. The van der Waals surface area contributed by atoms with Gasteiger partial charge in [-0.2, -0.15) is 5.10 Å². The lowest BCUT2D eigenvalue weighted by molar-refractivity contribution is 0.862. The quantitative estimate of drug-likeness (QED) is 0.735. The van der Waals surface area contributed by atoms with Crippen LogP contribution in [0.2, 0.25) is 5.02 Å². The Morgan fingerprint density at radius 1 is 1.33 bits per heavy atom. The first kappa shape index (κ1) is 10.5. The zero-order chi connectivity index (χ0) is 10.8. The van der Waals surface area contributed by atoms with Crippen LogP contribution in [0.3, 0.4) is 0 Å². The molecule has 0 saturated carbocycles. The molecule has 0 fully saturated rings. The number of hydrogen-bond donors (Lipinski definition) is 0.